The van der Waals surface area contributed by atoms with Gasteiger partial charge in [-0.1, -0.05) is 70.5 Å². The van der Waals surface area contributed by atoms with Gasteiger partial charge in [-0.2, -0.15) is 0 Å². The van der Waals surface area contributed by atoms with Crippen LogP contribution in [0.15, 0.2) is 113 Å². The molecule has 0 saturated heterocycles. The van der Waals surface area contributed by atoms with Crippen LogP contribution in [0.25, 0.3) is 0 Å². The van der Waals surface area contributed by atoms with E-state index in [1.807, 2.05) is 78.9 Å². The van der Waals surface area contributed by atoms with E-state index in [2.05, 4.69) is 26.8 Å². The van der Waals surface area contributed by atoms with Gasteiger partial charge in [-0.25, -0.2) is 14.8 Å². The van der Waals surface area contributed by atoms with Gasteiger partial charge in [-0.05, 0) is 65.2 Å². The molecule has 4 aromatic rings. The van der Waals surface area contributed by atoms with Gasteiger partial charge in [0.1, 0.15) is 11.6 Å². The first-order valence-corrected chi connectivity index (χ1v) is 14.4. The minimum Gasteiger partial charge on any atom is -0.494 e. The third-order valence-corrected chi connectivity index (χ3v) is 7.46. The molecule has 5 rings (SSSR count). The minimum absolute atomic E-state index is 0.0600. The smallest absolute Gasteiger partial charge is 0.266 e. The number of aliphatic hydroxyl groups excluding tert-OH is 1. The summed E-state index contributed by atoms with van der Waals surface area (Å²) in [5, 5.41) is 9.02. The lowest BCUT2D eigenvalue weighted by Crippen LogP contribution is -2.53. The second kappa shape index (κ2) is 13.7. The van der Waals surface area contributed by atoms with E-state index in [4.69, 9.17) is 19.6 Å². The number of rotatable bonds is 12. The second-order valence-electron chi connectivity index (χ2n) is 9.94. The lowest BCUT2D eigenvalue weighted by molar-refractivity contribution is -0.130. The number of aliphatic imine (C=N–C) groups is 1. The number of aliphatic hydroxyl groups is 1. The van der Waals surface area contributed by atoms with Crippen molar-refractivity contribution in [2.75, 3.05) is 13.2 Å². The van der Waals surface area contributed by atoms with E-state index in [1.54, 1.807) is 12.1 Å². The van der Waals surface area contributed by atoms with Gasteiger partial charge < -0.3 is 14.6 Å². The number of hydrogen-bond acceptors (Lipinski definition) is 6. The van der Waals surface area contributed by atoms with E-state index in [-0.39, 0.29) is 24.8 Å². The van der Waals surface area contributed by atoms with E-state index in [0.717, 1.165) is 21.2 Å². The molecule has 1 amide bonds. The van der Waals surface area contributed by atoms with Crippen LogP contribution >= 0.6 is 15.9 Å². The summed E-state index contributed by atoms with van der Waals surface area (Å²) in [6.07, 6.45) is 0.0948. The van der Waals surface area contributed by atoms with Crippen LogP contribution in [0.5, 0.6) is 5.75 Å². The molecular weight excluding hydrogens is 601 g/mol. The quantitative estimate of drug-likeness (QED) is 0.138. The first-order chi connectivity index (χ1) is 20.5. The maximum absolute atomic E-state index is 14.2. The van der Waals surface area contributed by atoms with E-state index in [1.165, 1.54) is 12.1 Å². The molecule has 7 nitrogen and oxygen atoms in total. The van der Waals surface area contributed by atoms with Gasteiger partial charge in [0.15, 0.2) is 11.6 Å². The third kappa shape index (κ3) is 7.05. The number of hydrogen-bond donors (Lipinski definition) is 3. The number of carbonyl (C=O) groups is 1. The molecule has 216 valence electrons. The highest BCUT2D eigenvalue weighted by Gasteiger charge is 2.53. The fourth-order valence-electron chi connectivity index (χ4n) is 4.76. The van der Waals surface area contributed by atoms with Crippen LogP contribution in [0.4, 0.5) is 4.39 Å². The van der Waals surface area contributed by atoms with Gasteiger partial charge in [-0.3, -0.25) is 10.2 Å². The SMILES string of the molecule is O=C(NNCc1ccc(F)cc1)[C@@]1(Cc2ccccc2)N=C(c2ccc(OCCCO)cc2)O[C@H]1c1ccc(Br)cc1. The highest BCUT2D eigenvalue weighted by Crippen LogP contribution is 2.42. The minimum atomic E-state index is -1.35. The molecule has 0 unspecified atom stereocenters. The number of nitrogens with one attached hydrogen (secondary N) is 2. The van der Waals surface area contributed by atoms with E-state index >= 15 is 0 Å². The van der Waals surface area contributed by atoms with Crippen LogP contribution in [-0.4, -0.2) is 35.7 Å². The maximum atomic E-state index is 14.2. The van der Waals surface area contributed by atoms with Crippen molar-refractivity contribution in [3.05, 3.63) is 136 Å². The molecule has 2 atom stereocenters. The van der Waals surface area contributed by atoms with Crippen molar-refractivity contribution < 1.29 is 23.8 Å². The summed E-state index contributed by atoms with van der Waals surface area (Å²) in [7, 11) is 0. The Labute approximate surface area is 252 Å². The molecule has 0 spiro atoms. The lowest BCUT2D eigenvalue weighted by Gasteiger charge is -2.31. The topological polar surface area (TPSA) is 92.2 Å². The third-order valence-electron chi connectivity index (χ3n) is 6.93. The molecule has 1 heterocycles. The molecule has 42 heavy (non-hydrogen) atoms. The van der Waals surface area contributed by atoms with Crippen molar-refractivity contribution in [1.82, 2.24) is 10.9 Å². The molecule has 3 N–H and O–H groups in total. The van der Waals surface area contributed by atoms with Gasteiger partial charge >= 0.3 is 0 Å². The Bertz CT molecular complexity index is 1500. The first-order valence-electron chi connectivity index (χ1n) is 13.6. The Morgan fingerprint density at radius 1 is 0.952 bits per heavy atom. The van der Waals surface area contributed by atoms with Crippen molar-refractivity contribution in [1.29, 1.82) is 0 Å². The monoisotopic (exact) mass is 631 g/mol. The largest absolute Gasteiger partial charge is 0.494 e. The van der Waals surface area contributed by atoms with Crippen molar-refractivity contribution in [3.8, 4) is 5.75 Å². The van der Waals surface area contributed by atoms with E-state index in [0.29, 0.717) is 36.8 Å². The van der Waals surface area contributed by atoms with Gasteiger partial charge in [0.2, 0.25) is 5.90 Å². The zero-order chi connectivity index (χ0) is 29.4. The summed E-state index contributed by atoms with van der Waals surface area (Å²) in [5.74, 6) is 0.319. The lowest BCUT2D eigenvalue weighted by atomic mass is 9.82. The van der Waals surface area contributed by atoms with Gasteiger partial charge in [0.05, 0.1) is 6.61 Å². The number of ether oxygens (including phenoxy) is 2. The van der Waals surface area contributed by atoms with Crippen LogP contribution in [0.2, 0.25) is 0 Å². The molecule has 0 aromatic heterocycles. The molecule has 4 aromatic carbocycles. The van der Waals surface area contributed by atoms with E-state index < -0.39 is 11.6 Å². The van der Waals surface area contributed by atoms with Gasteiger partial charge in [-0.15, -0.1) is 0 Å². The fraction of sp³-hybridized carbons (Fsp3) is 0.212. The van der Waals surface area contributed by atoms with Crippen molar-refractivity contribution in [2.24, 2.45) is 4.99 Å². The number of benzene rings is 4. The predicted octanol–water partition coefficient (Wildman–Crippen LogP) is 5.67. The second-order valence-corrected chi connectivity index (χ2v) is 10.9. The number of amides is 1. The average molecular weight is 633 g/mol. The molecule has 0 bridgehead atoms. The zero-order valence-electron chi connectivity index (χ0n) is 22.8. The van der Waals surface area contributed by atoms with E-state index in [9.17, 15) is 9.18 Å². The predicted molar refractivity (Wildman–Crippen MR) is 162 cm³/mol. The molecule has 0 fully saturated rings. The number of carbonyl (C=O) groups excluding carboxylic acids is 1. The Morgan fingerprint density at radius 2 is 1.67 bits per heavy atom. The van der Waals surface area contributed by atoms with Crippen LogP contribution < -0.4 is 15.6 Å². The summed E-state index contributed by atoms with van der Waals surface area (Å²) in [5.41, 5.74) is 7.72. The fourth-order valence-corrected chi connectivity index (χ4v) is 5.03. The van der Waals surface area contributed by atoms with Crippen molar-refractivity contribution >= 4 is 27.7 Å². The van der Waals surface area contributed by atoms with Gasteiger partial charge in [0.25, 0.3) is 5.91 Å². The standard InChI is InChI=1S/C33H31BrFN3O4/c34-27-13-9-25(10-14-27)30-33(21-23-5-2-1-3-6-23,32(40)38-36-22-24-7-15-28(35)16-8-24)37-31(42-30)26-11-17-29(18-12-26)41-20-4-19-39/h1-3,5-18,30,36,39H,4,19-22H2,(H,38,40)/t30-,33-/m0/s1. The molecule has 0 saturated carbocycles. The summed E-state index contributed by atoms with van der Waals surface area (Å²) in [6.45, 7) is 0.764. The Balaban J connectivity index is 1.49. The molecule has 9 heteroatoms. The van der Waals surface area contributed by atoms with Gasteiger partial charge in [0, 0.05) is 36.0 Å². The Hall–Kier alpha value is -4.05. The van der Waals surface area contributed by atoms with Crippen molar-refractivity contribution in [3.63, 3.8) is 0 Å². The summed E-state index contributed by atoms with van der Waals surface area (Å²) >= 11 is 3.50. The van der Waals surface area contributed by atoms with Crippen LogP contribution in [0.3, 0.4) is 0 Å². The van der Waals surface area contributed by atoms with Crippen LogP contribution in [-0.2, 0) is 22.5 Å². The van der Waals surface area contributed by atoms with Crippen LogP contribution in [0.1, 0.15) is 34.8 Å². The molecule has 0 radical (unpaired) electrons. The summed E-state index contributed by atoms with van der Waals surface area (Å²) in [4.78, 5) is 19.2. The average Bonchev–Trinajstić information content (AvgIpc) is 3.40. The maximum Gasteiger partial charge on any atom is 0.266 e. The molecule has 1 aliphatic rings. The summed E-state index contributed by atoms with van der Waals surface area (Å²) < 4.78 is 26.5. The normalized spacial score (nSPS) is 17.8. The zero-order valence-corrected chi connectivity index (χ0v) is 24.4. The molecule has 0 aliphatic carbocycles. The number of halogens is 2. The highest BCUT2D eigenvalue weighted by atomic mass is 79.9. The molecule has 1 aliphatic heterocycles. The van der Waals surface area contributed by atoms with Crippen LogP contribution in [0, 0.1) is 5.82 Å². The number of nitrogens with zero attached hydrogens (tertiary/aromatic N) is 1. The summed E-state index contributed by atoms with van der Waals surface area (Å²) in [6, 6.07) is 30.8. The highest BCUT2D eigenvalue weighted by molar-refractivity contribution is 9.10. The Morgan fingerprint density at radius 3 is 2.36 bits per heavy atom. The molecular formula is C33H31BrFN3O4. The Kier molecular flexibility index (Phi) is 9.63. The van der Waals surface area contributed by atoms with Crippen molar-refractivity contribution in [2.45, 2.75) is 31.0 Å². The first kappa shape index (κ1) is 29.4. The number of hydrazine groups is 1.